The van der Waals surface area contributed by atoms with Crippen LogP contribution in [0.5, 0.6) is 0 Å². The molecule has 0 bridgehead atoms. The molecular formula is C27H47N3O4S. The molecule has 1 amide bonds. The molecule has 0 heterocycles. The highest BCUT2D eigenvalue weighted by Crippen LogP contribution is 2.30. The van der Waals surface area contributed by atoms with Gasteiger partial charge in [-0.25, -0.2) is 0 Å². The fourth-order valence-corrected chi connectivity index (χ4v) is 6.24. The molecule has 3 N–H and O–H groups in total. The maximum absolute atomic E-state index is 13.2. The second kappa shape index (κ2) is 13.2. The van der Waals surface area contributed by atoms with Crippen molar-refractivity contribution >= 4 is 16.1 Å². The van der Waals surface area contributed by atoms with Crippen LogP contribution in [0.25, 0.3) is 0 Å². The van der Waals surface area contributed by atoms with Gasteiger partial charge in [0.05, 0.1) is 12.1 Å². The molecule has 1 aliphatic carbocycles. The van der Waals surface area contributed by atoms with Gasteiger partial charge in [-0.2, -0.15) is 17.4 Å². The molecule has 0 radical (unpaired) electrons. The number of hydrogen-bond acceptors (Lipinski definition) is 4. The number of aliphatic hydroxyl groups is 1. The smallest absolute Gasteiger partial charge is 0.280 e. The number of hydrogen-bond donors (Lipinski definition) is 3. The van der Waals surface area contributed by atoms with Gasteiger partial charge in [-0.05, 0) is 63.9 Å². The van der Waals surface area contributed by atoms with Crippen LogP contribution in [0.4, 0.5) is 0 Å². The molecule has 0 aliphatic heterocycles. The van der Waals surface area contributed by atoms with Crippen LogP contribution in [0.15, 0.2) is 30.3 Å². The Balaban J connectivity index is 2.25. The van der Waals surface area contributed by atoms with Crippen molar-refractivity contribution in [3.63, 3.8) is 0 Å². The Labute approximate surface area is 213 Å². The lowest BCUT2D eigenvalue weighted by atomic mass is 9.79. The van der Waals surface area contributed by atoms with Crippen LogP contribution in [-0.4, -0.2) is 54.5 Å². The predicted molar refractivity (Wildman–Crippen MR) is 142 cm³/mol. The van der Waals surface area contributed by atoms with Crippen LogP contribution in [0, 0.1) is 17.8 Å². The van der Waals surface area contributed by atoms with E-state index >= 15 is 0 Å². The maximum atomic E-state index is 13.2. The third-order valence-electron chi connectivity index (χ3n) is 6.66. The molecule has 200 valence electrons. The molecule has 35 heavy (non-hydrogen) atoms. The zero-order valence-electron chi connectivity index (χ0n) is 22.5. The zero-order valence-corrected chi connectivity index (χ0v) is 23.3. The maximum Gasteiger partial charge on any atom is 0.280 e. The van der Waals surface area contributed by atoms with Crippen molar-refractivity contribution in [2.45, 2.75) is 97.8 Å². The first-order chi connectivity index (χ1) is 16.3. The molecule has 4 atom stereocenters. The number of amides is 1. The van der Waals surface area contributed by atoms with Gasteiger partial charge in [-0.15, -0.1) is 0 Å². The van der Waals surface area contributed by atoms with Crippen LogP contribution in [-0.2, 0) is 21.4 Å². The summed E-state index contributed by atoms with van der Waals surface area (Å²) in [6.45, 7) is 11.8. The summed E-state index contributed by atoms with van der Waals surface area (Å²) in [5.41, 5.74) is 0.340. The number of benzene rings is 1. The molecule has 7 nitrogen and oxygen atoms in total. The van der Waals surface area contributed by atoms with E-state index < -0.39 is 27.9 Å². The van der Waals surface area contributed by atoms with E-state index in [9.17, 15) is 18.3 Å². The average Bonchev–Trinajstić information content (AvgIpc) is 2.75. The topological polar surface area (TPSA) is 98.7 Å². The lowest BCUT2D eigenvalue weighted by molar-refractivity contribution is -0.129. The van der Waals surface area contributed by atoms with Gasteiger partial charge in [0.2, 0.25) is 5.91 Å². The van der Waals surface area contributed by atoms with Crippen molar-refractivity contribution in [1.82, 2.24) is 14.3 Å². The monoisotopic (exact) mass is 509 g/mol. The average molecular weight is 510 g/mol. The van der Waals surface area contributed by atoms with Gasteiger partial charge in [0.15, 0.2) is 0 Å². The zero-order chi connectivity index (χ0) is 26.2. The molecule has 1 saturated carbocycles. The molecule has 1 aromatic carbocycles. The predicted octanol–water partition coefficient (Wildman–Crippen LogP) is 3.88. The molecule has 4 unspecified atom stereocenters. The molecule has 1 aromatic rings. The van der Waals surface area contributed by atoms with E-state index in [0.29, 0.717) is 31.2 Å². The van der Waals surface area contributed by atoms with Crippen molar-refractivity contribution < 1.29 is 18.3 Å². The Morgan fingerprint density at radius 3 is 2.34 bits per heavy atom. The summed E-state index contributed by atoms with van der Waals surface area (Å²) in [5.74, 6) is 0.503. The molecule has 0 saturated heterocycles. The van der Waals surface area contributed by atoms with Gasteiger partial charge in [-0.3, -0.25) is 4.79 Å². The Morgan fingerprint density at radius 1 is 1.14 bits per heavy atom. The Kier molecular flexibility index (Phi) is 11.2. The summed E-state index contributed by atoms with van der Waals surface area (Å²) < 4.78 is 30.4. The quantitative estimate of drug-likeness (QED) is 0.398. The summed E-state index contributed by atoms with van der Waals surface area (Å²) in [6, 6.07) is 9.11. The molecule has 0 spiro atoms. The number of nitrogens with one attached hydrogen (secondary N) is 2. The minimum absolute atomic E-state index is 0.0402. The van der Waals surface area contributed by atoms with E-state index in [0.717, 1.165) is 31.2 Å². The van der Waals surface area contributed by atoms with E-state index in [-0.39, 0.29) is 18.4 Å². The highest BCUT2D eigenvalue weighted by atomic mass is 32.2. The van der Waals surface area contributed by atoms with Gasteiger partial charge in [0.1, 0.15) is 0 Å². The molecule has 8 heteroatoms. The molecule has 1 aliphatic rings. The van der Waals surface area contributed by atoms with Crippen molar-refractivity contribution in [1.29, 1.82) is 0 Å². The van der Waals surface area contributed by atoms with Crippen molar-refractivity contribution in [2.75, 3.05) is 13.1 Å². The number of carbonyl (C=O) groups excluding carboxylic acids is 1. The van der Waals surface area contributed by atoms with Crippen molar-refractivity contribution in [2.24, 2.45) is 17.8 Å². The standard InChI is InChI=1S/C27H47N3O4S/c1-20(2)16-17-30(35(33,34)29-27(4,5)6)19-25(31)24(18-22-13-8-7-9-14-22)28-26(32)23-15-11-10-12-21(23)3/h7-9,13-14,20-21,23-25,29,31H,10-12,15-19H2,1-6H3,(H,28,32). The van der Waals surface area contributed by atoms with Gasteiger partial charge in [0, 0.05) is 24.5 Å². The third-order valence-corrected chi connectivity index (χ3v) is 8.54. The number of nitrogens with zero attached hydrogens (tertiary/aromatic N) is 1. The van der Waals surface area contributed by atoms with Gasteiger partial charge < -0.3 is 10.4 Å². The Morgan fingerprint density at radius 2 is 1.77 bits per heavy atom. The molecular weight excluding hydrogens is 462 g/mol. The first-order valence-electron chi connectivity index (χ1n) is 13.1. The number of aliphatic hydroxyl groups excluding tert-OH is 1. The number of carbonyl (C=O) groups is 1. The first kappa shape index (κ1) is 29.7. The van der Waals surface area contributed by atoms with E-state index in [1.165, 1.54) is 4.31 Å². The van der Waals surface area contributed by atoms with Crippen LogP contribution in [0.3, 0.4) is 0 Å². The van der Waals surface area contributed by atoms with Crippen molar-refractivity contribution in [3.05, 3.63) is 35.9 Å². The van der Waals surface area contributed by atoms with E-state index in [1.54, 1.807) is 20.8 Å². The molecule has 1 fully saturated rings. The fraction of sp³-hybridized carbons (Fsp3) is 0.741. The summed E-state index contributed by atoms with van der Waals surface area (Å²) in [6.07, 6.45) is 4.11. The number of rotatable bonds is 12. The van der Waals surface area contributed by atoms with E-state index in [2.05, 4.69) is 17.0 Å². The van der Waals surface area contributed by atoms with E-state index in [1.807, 2.05) is 44.2 Å². The van der Waals surface area contributed by atoms with Gasteiger partial charge >= 0.3 is 0 Å². The van der Waals surface area contributed by atoms with Crippen LogP contribution < -0.4 is 10.0 Å². The van der Waals surface area contributed by atoms with Gasteiger partial charge in [0.25, 0.3) is 10.2 Å². The normalized spacial score (nSPS) is 21.2. The summed E-state index contributed by atoms with van der Waals surface area (Å²) in [4.78, 5) is 13.2. The molecule has 2 rings (SSSR count). The summed E-state index contributed by atoms with van der Waals surface area (Å²) in [5, 5.41) is 14.4. The molecule has 0 aromatic heterocycles. The SMILES string of the molecule is CC(C)CCN(CC(O)C(Cc1ccccc1)NC(=O)C1CCCCC1C)S(=O)(=O)NC(C)(C)C. The van der Waals surface area contributed by atoms with Gasteiger partial charge in [-0.1, -0.05) is 63.9 Å². The fourth-order valence-electron chi connectivity index (χ4n) is 4.65. The third kappa shape index (κ3) is 10.2. The Bertz CT molecular complexity index is 883. The second-order valence-electron chi connectivity index (χ2n) is 11.6. The van der Waals surface area contributed by atoms with Crippen molar-refractivity contribution in [3.8, 4) is 0 Å². The summed E-state index contributed by atoms with van der Waals surface area (Å²) in [7, 11) is -3.82. The van der Waals surface area contributed by atoms with Crippen LogP contribution in [0.2, 0.25) is 0 Å². The highest BCUT2D eigenvalue weighted by molar-refractivity contribution is 7.87. The minimum atomic E-state index is -3.82. The van der Waals surface area contributed by atoms with Crippen LogP contribution >= 0.6 is 0 Å². The highest BCUT2D eigenvalue weighted by Gasteiger charge is 2.34. The first-order valence-corrected chi connectivity index (χ1v) is 14.5. The van der Waals surface area contributed by atoms with E-state index in [4.69, 9.17) is 0 Å². The summed E-state index contributed by atoms with van der Waals surface area (Å²) >= 11 is 0. The second-order valence-corrected chi connectivity index (χ2v) is 13.3. The lowest BCUT2D eigenvalue weighted by Gasteiger charge is -2.34. The van der Waals surface area contributed by atoms with Crippen LogP contribution in [0.1, 0.15) is 79.2 Å². The Hall–Kier alpha value is -1.48. The largest absolute Gasteiger partial charge is 0.390 e. The lowest BCUT2D eigenvalue weighted by Crippen LogP contribution is -2.55. The minimum Gasteiger partial charge on any atom is -0.390 e.